The molecule has 8 nitrogen and oxygen atoms in total. The third-order valence-electron chi connectivity index (χ3n) is 4.18. The molecule has 1 N–H and O–H groups in total. The molecule has 0 bridgehead atoms. The maximum atomic E-state index is 12.6. The van der Waals surface area contributed by atoms with Gasteiger partial charge in [0.15, 0.2) is 23.8 Å². The summed E-state index contributed by atoms with van der Waals surface area (Å²) < 4.78 is 45.6. The first-order chi connectivity index (χ1) is 15.4. The molecular formula is C22H20F2N2O6. The van der Waals surface area contributed by atoms with Crippen molar-refractivity contribution in [3.63, 3.8) is 0 Å². The first-order valence-electron chi connectivity index (χ1n) is 9.55. The molecule has 1 heterocycles. The number of benzene rings is 2. The second-order valence-corrected chi connectivity index (χ2v) is 6.36. The molecule has 0 radical (unpaired) electrons. The standard InChI is InChI=1S/C22H20F2N2O6/c1-3-25-19(27)12-30-17-9-8-13(11-18(17)29-2)10-15-21(28)32-20(26-15)14-6-4-5-7-16(14)31-22(23)24/h4-11,22H,3,12H2,1-2H3,(H,25,27)/b15-10-. The summed E-state index contributed by atoms with van der Waals surface area (Å²) >= 11 is 0. The molecule has 3 rings (SSSR count). The van der Waals surface area contributed by atoms with E-state index in [9.17, 15) is 18.4 Å². The average Bonchev–Trinajstić information content (AvgIpc) is 3.12. The zero-order valence-electron chi connectivity index (χ0n) is 17.3. The number of nitrogens with zero attached hydrogens (tertiary/aromatic N) is 1. The maximum absolute atomic E-state index is 12.6. The zero-order valence-corrected chi connectivity index (χ0v) is 17.3. The lowest BCUT2D eigenvalue weighted by Crippen LogP contribution is -2.28. The number of amides is 1. The molecule has 1 aliphatic heterocycles. The third-order valence-corrected chi connectivity index (χ3v) is 4.18. The lowest BCUT2D eigenvalue weighted by molar-refractivity contribution is -0.130. The number of aliphatic imine (C=N–C) groups is 1. The number of likely N-dealkylation sites (N-methyl/N-ethyl adjacent to an activating group) is 1. The predicted octanol–water partition coefficient (Wildman–Crippen LogP) is 3.16. The topological polar surface area (TPSA) is 95.5 Å². The van der Waals surface area contributed by atoms with Gasteiger partial charge in [0.1, 0.15) is 5.75 Å². The molecule has 1 aliphatic rings. The lowest BCUT2D eigenvalue weighted by atomic mass is 10.1. The van der Waals surface area contributed by atoms with Crippen LogP contribution in [0.15, 0.2) is 53.2 Å². The van der Waals surface area contributed by atoms with Crippen LogP contribution in [0.5, 0.6) is 17.2 Å². The summed E-state index contributed by atoms with van der Waals surface area (Å²) in [7, 11) is 1.44. The number of hydrogen-bond acceptors (Lipinski definition) is 7. The Morgan fingerprint density at radius 3 is 2.69 bits per heavy atom. The monoisotopic (exact) mass is 446 g/mol. The number of carbonyl (C=O) groups excluding carboxylic acids is 2. The molecule has 0 saturated heterocycles. The van der Waals surface area contributed by atoms with Crippen molar-refractivity contribution in [3.8, 4) is 17.2 Å². The minimum atomic E-state index is -3.04. The van der Waals surface area contributed by atoms with Crippen molar-refractivity contribution in [2.24, 2.45) is 4.99 Å². The summed E-state index contributed by atoms with van der Waals surface area (Å²) in [4.78, 5) is 28.0. The summed E-state index contributed by atoms with van der Waals surface area (Å²) in [6.07, 6.45) is 1.45. The Bertz CT molecular complexity index is 1070. The van der Waals surface area contributed by atoms with E-state index < -0.39 is 12.6 Å². The lowest BCUT2D eigenvalue weighted by Gasteiger charge is -2.11. The van der Waals surface area contributed by atoms with Gasteiger partial charge in [-0.3, -0.25) is 4.79 Å². The van der Waals surface area contributed by atoms with E-state index in [-0.39, 0.29) is 35.4 Å². The molecule has 0 aliphatic carbocycles. The van der Waals surface area contributed by atoms with Crippen LogP contribution < -0.4 is 19.5 Å². The van der Waals surface area contributed by atoms with Gasteiger partial charge in [0.05, 0.1) is 12.7 Å². The van der Waals surface area contributed by atoms with Crippen LogP contribution in [0.2, 0.25) is 0 Å². The first-order valence-corrected chi connectivity index (χ1v) is 9.55. The van der Waals surface area contributed by atoms with Crippen LogP contribution in [0.4, 0.5) is 8.78 Å². The normalized spacial score (nSPS) is 14.2. The predicted molar refractivity (Wildman–Crippen MR) is 111 cm³/mol. The van der Waals surface area contributed by atoms with Gasteiger partial charge in [-0.2, -0.15) is 8.78 Å². The Morgan fingerprint density at radius 2 is 1.97 bits per heavy atom. The number of cyclic esters (lactones) is 1. The summed E-state index contributed by atoms with van der Waals surface area (Å²) in [5.74, 6) is -0.640. The summed E-state index contributed by atoms with van der Waals surface area (Å²) in [6, 6.07) is 10.7. The fraction of sp³-hybridized carbons (Fsp3) is 0.227. The third kappa shape index (κ3) is 5.60. The fourth-order valence-electron chi connectivity index (χ4n) is 2.81. The number of rotatable bonds is 9. The molecule has 32 heavy (non-hydrogen) atoms. The van der Waals surface area contributed by atoms with Gasteiger partial charge in [0, 0.05) is 6.54 Å². The van der Waals surface area contributed by atoms with E-state index >= 15 is 0 Å². The van der Waals surface area contributed by atoms with Crippen molar-refractivity contribution < 1.29 is 37.3 Å². The summed E-state index contributed by atoms with van der Waals surface area (Å²) in [6.45, 7) is -0.925. The van der Waals surface area contributed by atoms with Crippen molar-refractivity contribution >= 4 is 23.9 Å². The highest BCUT2D eigenvalue weighted by Crippen LogP contribution is 2.30. The van der Waals surface area contributed by atoms with Crippen LogP contribution in [0.25, 0.3) is 6.08 Å². The maximum Gasteiger partial charge on any atom is 0.387 e. The number of carbonyl (C=O) groups is 2. The molecule has 0 saturated carbocycles. The molecule has 0 aromatic heterocycles. The van der Waals surface area contributed by atoms with E-state index in [1.807, 2.05) is 0 Å². The smallest absolute Gasteiger partial charge is 0.387 e. The van der Waals surface area contributed by atoms with Gasteiger partial charge in [-0.1, -0.05) is 18.2 Å². The quantitative estimate of drug-likeness (QED) is 0.470. The van der Waals surface area contributed by atoms with Crippen LogP contribution >= 0.6 is 0 Å². The van der Waals surface area contributed by atoms with Gasteiger partial charge in [-0.25, -0.2) is 9.79 Å². The summed E-state index contributed by atoms with van der Waals surface area (Å²) in [5.41, 5.74) is 0.627. The van der Waals surface area contributed by atoms with E-state index in [0.29, 0.717) is 23.6 Å². The molecule has 168 valence electrons. The van der Waals surface area contributed by atoms with E-state index in [1.54, 1.807) is 31.2 Å². The summed E-state index contributed by atoms with van der Waals surface area (Å²) in [5, 5.41) is 2.62. The Hall–Kier alpha value is -3.95. The Kier molecular flexibility index (Phi) is 7.37. The minimum absolute atomic E-state index is 0.0371. The first kappa shape index (κ1) is 22.7. The van der Waals surface area contributed by atoms with Gasteiger partial charge in [-0.15, -0.1) is 0 Å². The molecule has 0 unspecified atom stereocenters. The molecule has 1 amide bonds. The van der Waals surface area contributed by atoms with Crippen molar-refractivity contribution in [3.05, 3.63) is 59.3 Å². The van der Waals surface area contributed by atoms with E-state index in [0.717, 1.165) is 0 Å². The number of hydrogen-bond donors (Lipinski definition) is 1. The number of methoxy groups -OCH3 is 1. The van der Waals surface area contributed by atoms with Crippen molar-refractivity contribution in [1.29, 1.82) is 0 Å². The van der Waals surface area contributed by atoms with Crippen LogP contribution in [0.3, 0.4) is 0 Å². The molecule has 2 aromatic carbocycles. The molecule has 0 atom stereocenters. The SMILES string of the molecule is CCNC(=O)COc1ccc(/C=C2\N=C(c3ccccc3OC(F)F)OC2=O)cc1OC. The highest BCUT2D eigenvalue weighted by molar-refractivity contribution is 6.13. The molecular weight excluding hydrogens is 426 g/mol. The number of ether oxygens (including phenoxy) is 4. The number of esters is 1. The highest BCUT2D eigenvalue weighted by Gasteiger charge is 2.27. The number of nitrogens with one attached hydrogen (secondary N) is 1. The van der Waals surface area contributed by atoms with Gasteiger partial charge in [0.2, 0.25) is 5.90 Å². The van der Waals surface area contributed by atoms with Crippen LogP contribution in [-0.4, -0.2) is 44.6 Å². The number of para-hydroxylation sites is 1. The Labute approximate surface area is 182 Å². The van der Waals surface area contributed by atoms with E-state index in [4.69, 9.17) is 14.2 Å². The molecule has 0 spiro atoms. The van der Waals surface area contributed by atoms with Gasteiger partial charge in [0.25, 0.3) is 5.91 Å². The highest BCUT2D eigenvalue weighted by atomic mass is 19.3. The van der Waals surface area contributed by atoms with Gasteiger partial charge < -0.3 is 24.3 Å². The van der Waals surface area contributed by atoms with Crippen LogP contribution in [-0.2, 0) is 14.3 Å². The van der Waals surface area contributed by atoms with Gasteiger partial charge >= 0.3 is 12.6 Å². The Morgan fingerprint density at radius 1 is 1.19 bits per heavy atom. The molecule has 2 aromatic rings. The van der Waals surface area contributed by atoms with E-state index in [2.05, 4.69) is 15.0 Å². The average molecular weight is 446 g/mol. The van der Waals surface area contributed by atoms with Crippen molar-refractivity contribution in [2.75, 3.05) is 20.3 Å². The largest absolute Gasteiger partial charge is 0.493 e. The van der Waals surface area contributed by atoms with Crippen LogP contribution in [0, 0.1) is 0 Å². The zero-order chi connectivity index (χ0) is 23.1. The second-order valence-electron chi connectivity index (χ2n) is 6.36. The second kappa shape index (κ2) is 10.4. The molecule has 10 heteroatoms. The Balaban J connectivity index is 1.83. The number of halogens is 2. The molecule has 0 fully saturated rings. The van der Waals surface area contributed by atoms with Crippen molar-refractivity contribution in [1.82, 2.24) is 5.32 Å². The van der Waals surface area contributed by atoms with E-state index in [1.165, 1.54) is 31.4 Å². The van der Waals surface area contributed by atoms with Gasteiger partial charge in [-0.05, 0) is 42.8 Å². The minimum Gasteiger partial charge on any atom is -0.493 e. The van der Waals surface area contributed by atoms with Crippen molar-refractivity contribution in [2.45, 2.75) is 13.5 Å². The number of alkyl halides is 2. The fourth-order valence-corrected chi connectivity index (χ4v) is 2.81. The van der Waals surface area contributed by atoms with Crippen LogP contribution in [0.1, 0.15) is 18.1 Å².